The third kappa shape index (κ3) is 40.2. The van der Waals surface area contributed by atoms with Crippen LogP contribution in [0.3, 0.4) is 0 Å². The molecule has 55 heavy (non-hydrogen) atoms. The molecule has 2 N–H and O–H groups in total. The summed E-state index contributed by atoms with van der Waals surface area (Å²) in [6.07, 6.45) is 36.4. The molecule has 0 radical (unpaired) electrons. The van der Waals surface area contributed by atoms with Crippen molar-refractivity contribution in [2.45, 2.75) is 187 Å². The van der Waals surface area contributed by atoms with E-state index in [2.05, 4.69) is 32.1 Å². The zero-order valence-corrected chi connectivity index (χ0v) is 36.7. The van der Waals surface area contributed by atoms with Crippen LogP contribution in [0.1, 0.15) is 174 Å². The van der Waals surface area contributed by atoms with Gasteiger partial charge in [-0.15, -0.1) is 0 Å². The molecule has 0 aliphatic rings. The Balaban J connectivity index is 4.44. The van der Waals surface area contributed by atoms with Gasteiger partial charge in [0.2, 0.25) is 0 Å². The van der Waals surface area contributed by atoms with Crippen molar-refractivity contribution in [2.24, 2.45) is 0 Å². The Kier molecular flexibility index (Phi) is 35.3. The van der Waals surface area contributed by atoms with Crippen molar-refractivity contribution in [1.82, 2.24) is 0 Å². The monoisotopic (exact) mass is 801 g/mol. The van der Waals surface area contributed by atoms with E-state index >= 15 is 0 Å². The topological polar surface area (TPSA) is 129 Å². The van der Waals surface area contributed by atoms with Gasteiger partial charge in [0.15, 0.2) is 6.10 Å². The second kappa shape index (κ2) is 36.5. The number of likely N-dealkylation sites (N-methyl/N-ethyl adjacent to an activating group) is 1. The highest BCUT2D eigenvalue weighted by Gasteiger charge is 2.27. The first-order valence-electron chi connectivity index (χ1n) is 21.8. The molecule has 0 rings (SSSR count). The Morgan fingerprint density at radius 3 is 1.73 bits per heavy atom. The van der Waals surface area contributed by atoms with E-state index in [0.29, 0.717) is 30.3 Å². The van der Waals surface area contributed by atoms with Crippen LogP contribution in [0.15, 0.2) is 36.5 Å². The Morgan fingerprint density at radius 2 is 1.18 bits per heavy atom. The summed E-state index contributed by atoms with van der Waals surface area (Å²) >= 11 is 0. The van der Waals surface area contributed by atoms with Crippen molar-refractivity contribution in [1.29, 1.82) is 0 Å². The van der Waals surface area contributed by atoms with Crippen LogP contribution < -0.4 is 0 Å². The molecule has 322 valence electrons. The highest BCUT2D eigenvalue weighted by molar-refractivity contribution is 7.47. The molecule has 3 atom stereocenters. The summed E-state index contributed by atoms with van der Waals surface area (Å²) in [4.78, 5) is 35.3. The lowest BCUT2D eigenvalue weighted by Gasteiger charge is -2.24. The van der Waals surface area contributed by atoms with E-state index in [4.69, 9.17) is 18.5 Å². The lowest BCUT2D eigenvalue weighted by Crippen LogP contribution is -2.37. The number of hydrogen-bond donors (Lipinski definition) is 2. The fraction of sp³-hybridized carbons (Fsp3) is 0.818. The standard InChI is InChI=1S/C44H82NO9P/c1-6-8-10-12-14-15-16-17-18-19-20-21-23-27-32-36-44(48)54-42(40-53-55(49,50)52-38-37-45(3,4)5)39-51-43(47)35-31-28-24-26-30-34-41(46)33-29-25-22-13-11-9-7-2/h9,11,22,25,29,33,41-42,46H,6-8,10,12-21,23-24,26-28,30-32,34-40H2,1-5H3/p+1/b11-9+,25-22+,33-29+/t41?,42-/m1/s1. The molecular weight excluding hydrogens is 717 g/mol. The average molecular weight is 801 g/mol. The number of carbonyl (C=O) groups excluding carboxylic acids is 2. The number of nitrogens with zero attached hydrogens (tertiary/aromatic N) is 1. The van der Waals surface area contributed by atoms with Gasteiger partial charge < -0.3 is 24.0 Å². The van der Waals surface area contributed by atoms with Crippen molar-refractivity contribution in [3.63, 3.8) is 0 Å². The van der Waals surface area contributed by atoms with Crippen LogP contribution in [0.4, 0.5) is 0 Å². The summed E-state index contributed by atoms with van der Waals surface area (Å²) in [5.41, 5.74) is 0. The van der Waals surface area contributed by atoms with E-state index in [1.807, 2.05) is 39.4 Å². The van der Waals surface area contributed by atoms with Crippen molar-refractivity contribution in [2.75, 3.05) is 47.5 Å². The van der Waals surface area contributed by atoms with Gasteiger partial charge in [-0.2, -0.15) is 0 Å². The molecule has 0 fully saturated rings. The number of carbonyl (C=O) groups is 2. The number of phosphoric acid groups is 1. The summed E-state index contributed by atoms with van der Waals surface area (Å²) in [5, 5.41) is 10.1. The molecule has 0 saturated carbocycles. The lowest BCUT2D eigenvalue weighted by molar-refractivity contribution is -0.870. The van der Waals surface area contributed by atoms with E-state index in [-0.39, 0.29) is 26.1 Å². The fourth-order valence-corrected chi connectivity index (χ4v) is 6.59. The minimum atomic E-state index is -4.39. The summed E-state index contributed by atoms with van der Waals surface area (Å²) in [6.45, 7) is 4.18. The molecule has 11 heteroatoms. The van der Waals surface area contributed by atoms with Crippen LogP contribution in [0.2, 0.25) is 0 Å². The Bertz CT molecular complexity index is 1060. The van der Waals surface area contributed by atoms with Gasteiger partial charge in [0.05, 0.1) is 33.9 Å². The minimum absolute atomic E-state index is 0.0164. The number of rotatable bonds is 39. The summed E-state index contributed by atoms with van der Waals surface area (Å²) in [5.74, 6) is -0.872. The van der Waals surface area contributed by atoms with Crippen molar-refractivity contribution >= 4 is 19.8 Å². The quantitative estimate of drug-likeness (QED) is 0.0156. The van der Waals surface area contributed by atoms with Gasteiger partial charge in [0.25, 0.3) is 0 Å². The number of phosphoric ester groups is 1. The van der Waals surface area contributed by atoms with E-state index < -0.39 is 38.6 Å². The summed E-state index contributed by atoms with van der Waals surface area (Å²) < 4.78 is 34.2. The maximum absolute atomic E-state index is 12.7. The first kappa shape index (κ1) is 53.2. The number of ether oxygens (including phenoxy) is 2. The van der Waals surface area contributed by atoms with E-state index in [0.717, 1.165) is 57.8 Å². The van der Waals surface area contributed by atoms with Crippen LogP contribution in [-0.2, 0) is 32.7 Å². The SMILES string of the molecule is CC/C=C/C/C=C/C=C/C(O)CCCCCCCC(=O)OC[C@H](COP(=O)(O)OCC[N+](C)(C)C)OC(=O)CCCCCCCCCCCCCCCCC. The second-order valence-electron chi connectivity index (χ2n) is 15.9. The van der Waals surface area contributed by atoms with Crippen LogP contribution in [0.5, 0.6) is 0 Å². The predicted octanol–water partition coefficient (Wildman–Crippen LogP) is 11.1. The summed E-state index contributed by atoms with van der Waals surface area (Å²) in [7, 11) is 1.42. The van der Waals surface area contributed by atoms with Crippen LogP contribution >= 0.6 is 7.82 Å². The maximum Gasteiger partial charge on any atom is 0.472 e. The zero-order chi connectivity index (χ0) is 40.9. The van der Waals surface area contributed by atoms with Crippen molar-refractivity contribution in [3.05, 3.63) is 36.5 Å². The van der Waals surface area contributed by atoms with Crippen molar-refractivity contribution in [3.8, 4) is 0 Å². The molecule has 0 amide bonds. The van der Waals surface area contributed by atoms with Gasteiger partial charge >= 0.3 is 19.8 Å². The van der Waals surface area contributed by atoms with E-state index in [9.17, 15) is 24.2 Å². The van der Waals surface area contributed by atoms with Gasteiger partial charge in [0.1, 0.15) is 19.8 Å². The first-order chi connectivity index (χ1) is 26.4. The Labute approximate surface area is 336 Å². The van der Waals surface area contributed by atoms with E-state index in [1.54, 1.807) is 0 Å². The molecule has 0 heterocycles. The number of aliphatic hydroxyl groups is 1. The zero-order valence-electron chi connectivity index (χ0n) is 35.8. The van der Waals surface area contributed by atoms with Gasteiger partial charge in [-0.1, -0.05) is 166 Å². The number of allylic oxidation sites excluding steroid dienone is 5. The van der Waals surface area contributed by atoms with Gasteiger partial charge in [0, 0.05) is 12.8 Å². The number of hydrogen-bond acceptors (Lipinski definition) is 8. The lowest BCUT2D eigenvalue weighted by atomic mass is 10.0. The maximum atomic E-state index is 12.7. The Hall–Kier alpha value is -1.81. The predicted molar refractivity (Wildman–Crippen MR) is 226 cm³/mol. The number of aliphatic hydroxyl groups excluding tert-OH is 1. The van der Waals surface area contributed by atoms with Gasteiger partial charge in [-0.25, -0.2) is 4.57 Å². The normalized spacial score (nSPS) is 14.5. The largest absolute Gasteiger partial charge is 0.472 e. The van der Waals surface area contributed by atoms with Crippen LogP contribution in [-0.4, -0.2) is 86.1 Å². The molecule has 0 aliphatic carbocycles. The second-order valence-corrected chi connectivity index (χ2v) is 17.4. The highest BCUT2D eigenvalue weighted by atomic mass is 31.2. The number of esters is 2. The highest BCUT2D eigenvalue weighted by Crippen LogP contribution is 2.43. The molecule has 0 saturated heterocycles. The fourth-order valence-electron chi connectivity index (χ4n) is 5.84. The Morgan fingerprint density at radius 1 is 0.655 bits per heavy atom. The van der Waals surface area contributed by atoms with E-state index in [1.165, 1.54) is 70.6 Å². The number of quaternary nitrogens is 1. The molecule has 10 nitrogen and oxygen atoms in total. The molecule has 0 aromatic carbocycles. The van der Waals surface area contributed by atoms with Gasteiger partial charge in [-0.3, -0.25) is 18.6 Å². The first-order valence-corrected chi connectivity index (χ1v) is 23.3. The summed E-state index contributed by atoms with van der Waals surface area (Å²) in [6, 6.07) is 0. The molecule has 0 bridgehead atoms. The third-order valence-electron chi connectivity index (χ3n) is 9.29. The molecule has 0 spiro atoms. The molecule has 0 aromatic rings. The molecule has 0 aliphatic heterocycles. The van der Waals surface area contributed by atoms with Crippen LogP contribution in [0, 0.1) is 0 Å². The van der Waals surface area contributed by atoms with Gasteiger partial charge in [-0.05, 0) is 32.1 Å². The third-order valence-corrected chi connectivity index (χ3v) is 10.3. The van der Waals surface area contributed by atoms with Crippen LogP contribution in [0.25, 0.3) is 0 Å². The molecule has 0 aromatic heterocycles. The van der Waals surface area contributed by atoms with Crippen molar-refractivity contribution < 1.29 is 47.2 Å². The molecule has 2 unspecified atom stereocenters. The average Bonchev–Trinajstić information content (AvgIpc) is 3.12. The minimum Gasteiger partial charge on any atom is -0.462 e. The number of unbranched alkanes of at least 4 members (excludes halogenated alkanes) is 18. The molecular formula is C44H83NO9P+. The smallest absolute Gasteiger partial charge is 0.462 e.